The zero-order valence-electron chi connectivity index (χ0n) is 14.7. The summed E-state index contributed by atoms with van der Waals surface area (Å²) in [4.78, 5) is 18.3. The van der Waals surface area contributed by atoms with Crippen LogP contribution < -0.4 is 4.74 Å². The highest BCUT2D eigenvalue weighted by Crippen LogP contribution is 2.20. The van der Waals surface area contributed by atoms with E-state index in [1.165, 1.54) is 4.90 Å². The van der Waals surface area contributed by atoms with Gasteiger partial charge in [-0.1, -0.05) is 34.4 Å². The summed E-state index contributed by atoms with van der Waals surface area (Å²) in [5, 5.41) is 5.11. The highest BCUT2D eigenvalue weighted by Gasteiger charge is 2.21. The third kappa shape index (κ3) is 4.99. The van der Waals surface area contributed by atoms with E-state index in [0.29, 0.717) is 27.5 Å². The van der Waals surface area contributed by atoms with Gasteiger partial charge in [-0.25, -0.2) is 0 Å². The summed E-state index contributed by atoms with van der Waals surface area (Å²) in [6.45, 7) is 1.84. The zero-order chi connectivity index (χ0) is 19.4. The van der Waals surface area contributed by atoms with Crippen LogP contribution in [-0.4, -0.2) is 34.1 Å². The molecule has 1 heterocycles. The summed E-state index contributed by atoms with van der Waals surface area (Å²) in [5.74, 6) is 1.07. The van der Waals surface area contributed by atoms with E-state index in [1.807, 2.05) is 0 Å². The minimum atomic E-state index is -0.688. The minimum absolute atomic E-state index is 0.169. The van der Waals surface area contributed by atoms with E-state index in [2.05, 4.69) is 10.1 Å². The molecule has 1 atom stereocenters. The van der Waals surface area contributed by atoms with Crippen LogP contribution in [0.1, 0.15) is 12.8 Å². The van der Waals surface area contributed by atoms with Crippen molar-refractivity contribution in [2.24, 2.45) is 0 Å². The molecule has 0 fully saturated rings. The van der Waals surface area contributed by atoms with Gasteiger partial charge in [0.2, 0.25) is 11.7 Å². The van der Waals surface area contributed by atoms with Gasteiger partial charge in [-0.3, -0.25) is 4.79 Å². The van der Waals surface area contributed by atoms with Crippen molar-refractivity contribution in [3.05, 3.63) is 64.5 Å². The highest BCUT2D eigenvalue weighted by atomic mass is 35.5. The van der Waals surface area contributed by atoms with Crippen molar-refractivity contribution in [3.63, 3.8) is 0 Å². The smallest absolute Gasteiger partial charge is 0.263 e. The first kappa shape index (κ1) is 19.2. The molecule has 0 bridgehead atoms. The van der Waals surface area contributed by atoms with Gasteiger partial charge in [0.25, 0.3) is 5.91 Å². The molecule has 0 aliphatic heterocycles. The molecule has 0 saturated carbocycles. The first-order valence-electron chi connectivity index (χ1n) is 8.18. The topological polar surface area (TPSA) is 68.5 Å². The molecule has 27 heavy (non-hydrogen) atoms. The Balaban J connectivity index is 1.61. The highest BCUT2D eigenvalue weighted by molar-refractivity contribution is 6.30. The number of hydrogen-bond acceptors (Lipinski definition) is 5. The second kappa shape index (κ2) is 8.41. The molecule has 0 radical (unpaired) electrons. The first-order chi connectivity index (χ1) is 12.9. The van der Waals surface area contributed by atoms with Gasteiger partial charge in [-0.2, -0.15) is 4.98 Å². The van der Waals surface area contributed by atoms with E-state index < -0.39 is 6.10 Å². The third-order valence-corrected chi connectivity index (χ3v) is 4.26. The molecule has 0 aliphatic rings. The number of aromatic nitrogens is 2. The predicted octanol–water partition coefficient (Wildman–Crippen LogP) is 4.47. The Morgan fingerprint density at radius 1 is 1.19 bits per heavy atom. The van der Waals surface area contributed by atoms with Crippen molar-refractivity contribution < 1.29 is 14.1 Å². The maximum atomic E-state index is 12.5. The number of halogens is 2. The average Bonchev–Trinajstić information content (AvgIpc) is 3.10. The number of amides is 1. The van der Waals surface area contributed by atoms with Crippen LogP contribution in [-0.2, 0) is 11.3 Å². The van der Waals surface area contributed by atoms with E-state index in [1.54, 1.807) is 62.5 Å². The molecule has 3 rings (SSSR count). The lowest BCUT2D eigenvalue weighted by Gasteiger charge is -2.20. The maximum Gasteiger partial charge on any atom is 0.263 e. The summed E-state index contributed by atoms with van der Waals surface area (Å²) in [7, 11) is 1.65. The number of hydrogen-bond donors (Lipinski definition) is 0. The number of likely N-dealkylation sites (N-methyl/N-ethyl adjacent to an activating group) is 1. The Labute approximate surface area is 166 Å². The molecule has 0 saturated heterocycles. The summed E-state index contributed by atoms with van der Waals surface area (Å²) < 4.78 is 10.9. The van der Waals surface area contributed by atoms with Gasteiger partial charge >= 0.3 is 0 Å². The van der Waals surface area contributed by atoms with Gasteiger partial charge in [-0.05, 0) is 49.4 Å². The monoisotopic (exact) mass is 405 g/mol. The van der Waals surface area contributed by atoms with E-state index in [9.17, 15) is 4.79 Å². The Morgan fingerprint density at radius 3 is 2.63 bits per heavy atom. The van der Waals surface area contributed by atoms with Gasteiger partial charge in [0.05, 0.1) is 6.54 Å². The number of carbonyl (C=O) groups is 1. The molecular weight excluding hydrogens is 389 g/mol. The van der Waals surface area contributed by atoms with Crippen LogP contribution in [0.5, 0.6) is 5.75 Å². The Bertz CT molecular complexity index is 928. The predicted molar refractivity (Wildman–Crippen MR) is 103 cm³/mol. The van der Waals surface area contributed by atoms with Crippen molar-refractivity contribution in [2.45, 2.75) is 19.6 Å². The molecule has 140 valence electrons. The first-order valence-corrected chi connectivity index (χ1v) is 8.93. The van der Waals surface area contributed by atoms with Crippen molar-refractivity contribution in [2.75, 3.05) is 7.05 Å². The van der Waals surface area contributed by atoms with Crippen molar-refractivity contribution >= 4 is 29.1 Å². The van der Waals surface area contributed by atoms with Gasteiger partial charge < -0.3 is 14.2 Å². The summed E-state index contributed by atoms with van der Waals surface area (Å²) in [6, 6.07) is 14.0. The molecule has 0 spiro atoms. The fraction of sp³-hybridized carbons (Fsp3) is 0.211. The van der Waals surface area contributed by atoms with E-state index >= 15 is 0 Å². The van der Waals surface area contributed by atoms with Crippen molar-refractivity contribution in [1.82, 2.24) is 15.0 Å². The van der Waals surface area contributed by atoms with E-state index in [4.69, 9.17) is 32.5 Å². The normalized spacial score (nSPS) is 11.9. The Kier molecular flexibility index (Phi) is 5.98. The molecular formula is C19H17Cl2N3O3. The standard InChI is InChI=1S/C19H17Cl2N3O3/c1-12(26-16-5-3-4-15(21)10-16)19(25)24(2)11-17-22-18(23-27-17)13-6-8-14(20)9-7-13/h3-10,12H,11H2,1-2H3. The lowest BCUT2D eigenvalue weighted by Crippen LogP contribution is -2.37. The SMILES string of the molecule is CC(Oc1cccc(Cl)c1)C(=O)N(C)Cc1nc(-c2ccc(Cl)cc2)no1. The zero-order valence-corrected chi connectivity index (χ0v) is 16.2. The van der Waals surface area contributed by atoms with Crippen LogP contribution in [0, 0.1) is 0 Å². The van der Waals surface area contributed by atoms with Gasteiger partial charge in [-0.15, -0.1) is 0 Å². The second-order valence-electron chi connectivity index (χ2n) is 5.93. The van der Waals surface area contributed by atoms with Crippen LogP contribution in [0.3, 0.4) is 0 Å². The van der Waals surface area contributed by atoms with E-state index in [0.717, 1.165) is 5.56 Å². The van der Waals surface area contributed by atoms with Crippen LogP contribution in [0.15, 0.2) is 53.1 Å². The van der Waals surface area contributed by atoms with Crippen molar-refractivity contribution in [1.29, 1.82) is 0 Å². The molecule has 3 aromatic rings. The van der Waals surface area contributed by atoms with Crippen LogP contribution in [0.2, 0.25) is 10.0 Å². The van der Waals surface area contributed by atoms with Gasteiger partial charge in [0.15, 0.2) is 6.10 Å². The average molecular weight is 406 g/mol. The molecule has 6 nitrogen and oxygen atoms in total. The lowest BCUT2D eigenvalue weighted by atomic mass is 10.2. The second-order valence-corrected chi connectivity index (χ2v) is 6.80. The molecule has 1 unspecified atom stereocenters. The lowest BCUT2D eigenvalue weighted by molar-refractivity contribution is -0.137. The third-order valence-electron chi connectivity index (χ3n) is 3.78. The van der Waals surface area contributed by atoms with E-state index in [-0.39, 0.29) is 12.5 Å². The summed E-state index contributed by atoms with van der Waals surface area (Å²) in [5.41, 5.74) is 0.779. The molecule has 2 aromatic carbocycles. The molecule has 8 heteroatoms. The molecule has 1 amide bonds. The quantitative estimate of drug-likeness (QED) is 0.604. The van der Waals surface area contributed by atoms with Crippen molar-refractivity contribution in [3.8, 4) is 17.1 Å². The number of benzene rings is 2. The minimum Gasteiger partial charge on any atom is -0.481 e. The molecule has 1 aromatic heterocycles. The van der Waals surface area contributed by atoms with Crippen LogP contribution >= 0.6 is 23.2 Å². The Hall–Kier alpha value is -2.57. The largest absolute Gasteiger partial charge is 0.481 e. The van der Waals surface area contributed by atoms with Crippen LogP contribution in [0.4, 0.5) is 0 Å². The fourth-order valence-electron chi connectivity index (χ4n) is 2.42. The summed E-state index contributed by atoms with van der Waals surface area (Å²) in [6.07, 6.45) is -0.688. The molecule has 0 N–H and O–H groups in total. The summed E-state index contributed by atoms with van der Waals surface area (Å²) >= 11 is 11.8. The number of carbonyl (C=O) groups excluding carboxylic acids is 1. The number of nitrogens with zero attached hydrogens (tertiary/aromatic N) is 3. The van der Waals surface area contributed by atoms with Gasteiger partial charge in [0.1, 0.15) is 5.75 Å². The van der Waals surface area contributed by atoms with Crippen LogP contribution in [0.25, 0.3) is 11.4 Å². The number of ether oxygens (including phenoxy) is 1. The number of rotatable bonds is 6. The van der Waals surface area contributed by atoms with Gasteiger partial charge in [0, 0.05) is 22.7 Å². The molecule has 0 aliphatic carbocycles. The Morgan fingerprint density at radius 2 is 1.93 bits per heavy atom. The maximum absolute atomic E-state index is 12.5. The fourth-order valence-corrected chi connectivity index (χ4v) is 2.73.